The fraction of sp³-hybridized carbons (Fsp3) is 0.300. The number of amides is 2. The maximum atomic E-state index is 13.2. The van der Waals surface area contributed by atoms with Crippen molar-refractivity contribution in [2.75, 3.05) is 22.5 Å². The number of fused-ring (bicyclic) bond motifs is 1. The molecular formula is C20H20F3N5O2S. The molecule has 0 saturated carbocycles. The highest BCUT2D eigenvalue weighted by Crippen LogP contribution is 2.35. The van der Waals surface area contributed by atoms with Crippen molar-refractivity contribution in [3.05, 3.63) is 60.2 Å². The molecule has 164 valence electrons. The minimum atomic E-state index is -4.57. The summed E-state index contributed by atoms with van der Waals surface area (Å²) in [7, 11) is 0. The second kappa shape index (κ2) is 8.87. The molecule has 2 fully saturated rings. The normalized spacial score (nSPS) is 23.5. The van der Waals surface area contributed by atoms with Crippen LogP contribution in [0.2, 0.25) is 0 Å². The van der Waals surface area contributed by atoms with Crippen LogP contribution < -0.4 is 26.4 Å². The number of benzene rings is 2. The van der Waals surface area contributed by atoms with Gasteiger partial charge in [0.2, 0.25) is 11.8 Å². The van der Waals surface area contributed by atoms with Gasteiger partial charge in [-0.15, -0.1) is 11.8 Å². The average molecular weight is 451 g/mol. The number of nitrogens with one attached hydrogen (secondary N) is 4. The minimum absolute atomic E-state index is 0.104. The number of alkyl halides is 3. The Kier molecular flexibility index (Phi) is 6.19. The topological polar surface area (TPSA) is 85.5 Å². The van der Waals surface area contributed by atoms with Crippen LogP contribution >= 0.6 is 11.8 Å². The molecule has 7 nitrogen and oxygen atoms in total. The van der Waals surface area contributed by atoms with Gasteiger partial charge in [0.1, 0.15) is 5.50 Å². The molecule has 2 heterocycles. The third-order valence-corrected chi connectivity index (χ3v) is 6.10. The number of nitrogens with zero attached hydrogens (tertiary/aromatic N) is 1. The van der Waals surface area contributed by atoms with Gasteiger partial charge in [-0.1, -0.05) is 30.3 Å². The standard InChI is InChI=1S/C20H20F3N5O2S/c21-20(22,23)14-8-4-5-9-15(14)25-16(29)11-31-19-26-17-13(10-24-27-17)18(30)28(19)12-6-2-1-3-7-12/h1-9,13,17,19,24,26-27H,10-11H2,(H,25,29). The summed E-state index contributed by atoms with van der Waals surface area (Å²) in [6.07, 6.45) is -4.88. The smallest absolute Gasteiger partial charge is 0.325 e. The Balaban J connectivity index is 1.47. The molecule has 0 aliphatic carbocycles. The molecule has 4 N–H and O–H groups in total. The van der Waals surface area contributed by atoms with Gasteiger partial charge in [-0.3, -0.25) is 25.2 Å². The summed E-state index contributed by atoms with van der Waals surface area (Å²) in [6.45, 7) is 0.464. The molecule has 31 heavy (non-hydrogen) atoms. The minimum Gasteiger partial charge on any atom is -0.325 e. The van der Waals surface area contributed by atoms with Crippen LogP contribution in [0.25, 0.3) is 0 Å². The van der Waals surface area contributed by atoms with Crippen molar-refractivity contribution in [3.8, 4) is 0 Å². The van der Waals surface area contributed by atoms with E-state index in [0.29, 0.717) is 12.2 Å². The van der Waals surface area contributed by atoms with E-state index >= 15 is 0 Å². The number of rotatable bonds is 5. The molecule has 0 aromatic heterocycles. The van der Waals surface area contributed by atoms with Gasteiger partial charge in [0, 0.05) is 12.2 Å². The van der Waals surface area contributed by atoms with E-state index in [9.17, 15) is 22.8 Å². The first-order chi connectivity index (χ1) is 14.8. The lowest BCUT2D eigenvalue weighted by Gasteiger charge is -2.41. The largest absolute Gasteiger partial charge is 0.418 e. The Morgan fingerprint density at radius 3 is 2.58 bits per heavy atom. The van der Waals surface area contributed by atoms with Crippen LogP contribution in [-0.4, -0.2) is 35.8 Å². The molecule has 2 aromatic rings. The number of hydrogen-bond acceptors (Lipinski definition) is 6. The van der Waals surface area contributed by atoms with Crippen molar-refractivity contribution in [1.82, 2.24) is 16.2 Å². The van der Waals surface area contributed by atoms with Crippen LogP contribution in [0.1, 0.15) is 5.56 Å². The first-order valence-corrected chi connectivity index (χ1v) is 10.6. The Labute approximate surface area is 180 Å². The van der Waals surface area contributed by atoms with E-state index in [4.69, 9.17) is 0 Å². The summed E-state index contributed by atoms with van der Waals surface area (Å²) in [5, 5.41) is 5.61. The quantitative estimate of drug-likeness (QED) is 0.559. The predicted octanol–water partition coefficient (Wildman–Crippen LogP) is 2.35. The van der Waals surface area contributed by atoms with Gasteiger partial charge in [0.25, 0.3) is 0 Å². The van der Waals surface area contributed by atoms with Gasteiger partial charge >= 0.3 is 6.18 Å². The third-order valence-electron chi connectivity index (χ3n) is 5.01. The Morgan fingerprint density at radius 2 is 1.84 bits per heavy atom. The highest BCUT2D eigenvalue weighted by Gasteiger charge is 2.45. The molecule has 0 radical (unpaired) electrons. The van der Waals surface area contributed by atoms with Crippen molar-refractivity contribution in [2.24, 2.45) is 5.92 Å². The van der Waals surface area contributed by atoms with E-state index in [1.807, 2.05) is 18.2 Å². The first-order valence-electron chi connectivity index (χ1n) is 9.55. The van der Waals surface area contributed by atoms with Crippen molar-refractivity contribution >= 4 is 35.0 Å². The summed E-state index contributed by atoms with van der Waals surface area (Å²) in [5.74, 6) is -1.16. The van der Waals surface area contributed by atoms with E-state index in [1.54, 1.807) is 17.0 Å². The van der Waals surface area contributed by atoms with Crippen LogP contribution in [-0.2, 0) is 15.8 Å². The maximum Gasteiger partial charge on any atom is 0.418 e. The van der Waals surface area contributed by atoms with Crippen LogP contribution in [0.3, 0.4) is 0 Å². The summed E-state index contributed by atoms with van der Waals surface area (Å²) in [5.41, 5.74) is 4.84. The van der Waals surface area contributed by atoms with Crippen molar-refractivity contribution < 1.29 is 22.8 Å². The maximum absolute atomic E-state index is 13.2. The monoisotopic (exact) mass is 451 g/mol. The lowest BCUT2D eigenvalue weighted by molar-refractivity contribution is -0.137. The van der Waals surface area contributed by atoms with Crippen molar-refractivity contribution in [3.63, 3.8) is 0 Å². The lowest BCUT2D eigenvalue weighted by Crippen LogP contribution is -2.64. The van der Waals surface area contributed by atoms with E-state index < -0.39 is 23.1 Å². The van der Waals surface area contributed by atoms with Gasteiger partial charge in [0.05, 0.1) is 29.1 Å². The van der Waals surface area contributed by atoms with Crippen LogP contribution in [0.15, 0.2) is 54.6 Å². The summed E-state index contributed by atoms with van der Waals surface area (Å²) >= 11 is 1.13. The zero-order valence-electron chi connectivity index (χ0n) is 16.1. The highest BCUT2D eigenvalue weighted by atomic mass is 32.2. The summed E-state index contributed by atoms with van der Waals surface area (Å²) in [4.78, 5) is 27.1. The molecule has 4 rings (SSSR count). The number of hydrogen-bond donors (Lipinski definition) is 4. The molecule has 3 atom stereocenters. The molecule has 2 aliphatic rings. The fourth-order valence-corrected chi connectivity index (χ4v) is 4.56. The fourth-order valence-electron chi connectivity index (χ4n) is 3.56. The molecule has 2 aliphatic heterocycles. The zero-order valence-corrected chi connectivity index (χ0v) is 17.0. The number of hydrazine groups is 1. The summed E-state index contributed by atoms with van der Waals surface area (Å²) < 4.78 is 39.5. The van der Waals surface area contributed by atoms with Crippen LogP contribution in [0.5, 0.6) is 0 Å². The van der Waals surface area contributed by atoms with E-state index in [0.717, 1.165) is 17.8 Å². The second-order valence-electron chi connectivity index (χ2n) is 7.07. The molecule has 0 spiro atoms. The SMILES string of the molecule is O=C(CSC1NC2NNCC2C(=O)N1c1ccccc1)Nc1ccccc1C(F)(F)F. The molecule has 2 amide bonds. The highest BCUT2D eigenvalue weighted by molar-refractivity contribution is 8.00. The molecular weight excluding hydrogens is 431 g/mol. The molecule has 2 aromatic carbocycles. The Morgan fingerprint density at radius 1 is 1.13 bits per heavy atom. The number of anilines is 2. The predicted molar refractivity (Wildman–Crippen MR) is 112 cm³/mol. The number of carbonyl (C=O) groups is 2. The Hall–Kier alpha value is -2.60. The van der Waals surface area contributed by atoms with Gasteiger partial charge < -0.3 is 5.32 Å². The first kappa shape index (κ1) is 21.6. The average Bonchev–Trinajstić information content (AvgIpc) is 3.21. The molecule has 0 bridgehead atoms. The third kappa shape index (κ3) is 4.69. The van der Waals surface area contributed by atoms with Gasteiger partial charge in [-0.2, -0.15) is 13.2 Å². The van der Waals surface area contributed by atoms with Gasteiger partial charge in [0.15, 0.2) is 0 Å². The molecule has 2 saturated heterocycles. The van der Waals surface area contributed by atoms with Crippen molar-refractivity contribution in [2.45, 2.75) is 17.8 Å². The molecule has 11 heteroatoms. The molecule has 3 unspecified atom stereocenters. The van der Waals surface area contributed by atoms with Crippen molar-refractivity contribution in [1.29, 1.82) is 0 Å². The zero-order chi connectivity index (χ0) is 22.0. The number of halogens is 3. The number of carbonyl (C=O) groups excluding carboxylic acids is 2. The van der Waals surface area contributed by atoms with Crippen LogP contribution in [0, 0.1) is 5.92 Å². The van der Waals surface area contributed by atoms with E-state index in [-0.39, 0.29) is 29.4 Å². The summed E-state index contributed by atoms with van der Waals surface area (Å²) in [6, 6.07) is 13.9. The van der Waals surface area contributed by atoms with Gasteiger partial charge in [-0.05, 0) is 24.3 Å². The van der Waals surface area contributed by atoms with Gasteiger partial charge in [-0.25, -0.2) is 5.43 Å². The Bertz CT molecular complexity index is 959. The van der Waals surface area contributed by atoms with E-state index in [2.05, 4.69) is 21.5 Å². The van der Waals surface area contributed by atoms with E-state index in [1.165, 1.54) is 18.2 Å². The lowest BCUT2D eigenvalue weighted by atomic mass is 10.0. The number of thioether (sulfide) groups is 1. The number of para-hydroxylation sites is 2. The van der Waals surface area contributed by atoms with Crippen LogP contribution in [0.4, 0.5) is 24.5 Å². The second-order valence-corrected chi connectivity index (χ2v) is 8.14.